The van der Waals surface area contributed by atoms with Crippen LogP contribution in [-0.4, -0.2) is 55.8 Å². The Bertz CT molecular complexity index is 1030. The fourth-order valence-corrected chi connectivity index (χ4v) is 3.56. The van der Waals surface area contributed by atoms with Crippen LogP contribution < -0.4 is 4.90 Å². The number of fused-ring (bicyclic) bond motifs is 1. The third kappa shape index (κ3) is 4.59. The van der Waals surface area contributed by atoms with Gasteiger partial charge in [-0.3, -0.25) is 14.2 Å². The summed E-state index contributed by atoms with van der Waals surface area (Å²) < 4.78 is 109. The fraction of sp³-hybridized carbons (Fsp3) is 0.500. The summed E-state index contributed by atoms with van der Waals surface area (Å²) in [6.45, 7) is 0.719. The Balaban J connectivity index is 1.88. The Morgan fingerprint density at radius 2 is 1.73 bits per heavy atom. The van der Waals surface area contributed by atoms with Crippen molar-refractivity contribution < 1.29 is 43.7 Å². The van der Waals surface area contributed by atoms with Crippen LogP contribution in [0.4, 0.5) is 32.0 Å². The van der Waals surface area contributed by atoms with E-state index in [0.717, 1.165) is 12.3 Å². The SMILES string of the molecule is C[C@@H]1CN(c2ccc(C(F)(F)F)c3nccnc23)C[C@H](COS(=O)(=O)C(F)(F)F)O1. The number of alkyl halides is 6. The van der Waals surface area contributed by atoms with E-state index in [1.54, 1.807) is 11.8 Å². The van der Waals surface area contributed by atoms with Crippen molar-refractivity contribution in [2.75, 3.05) is 24.6 Å². The minimum atomic E-state index is -5.80. The predicted octanol–water partition coefficient (Wildman–Crippen LogP) is 3.11. The van der Waals surface area contributed by atoms with Gasteiger partial charge < -0.3 is 9.64 Å². The first-order chi connectivity index (χ1) is 13.8. The molecular formula is C16H15F6N3O4S. The van der Waals surface area contributed by atoms with Crippen molar-refractivity contribution in [2.45, 2.75) is 30.8 Å². The van der Waals surface area contributed by atoms with E-state index < -0.39 is 46.2 Å². The summed E-state index contributed by atoms with van der Waals surface area (Å²) in [6, 6.07) is 2.02. The van der Waals surface area contributed by atoms with Crippen LogP contribution in [-0.2, 0) is 25.2 Å². The van der Waals surface area contributed by atoms with Gasteiger partial charge in [0.05, 0.1) is 24.0 Å². The molecule has 14 heteroatoms. The maximum absolute atomic E-state index is 13.3. The van der Waals surface area contributed by atoms with Gasteiger partial charge in [0.15, 0.2) is 0 Å². The smallest absolute Gasteiger partial charge is 0.369 e. The molecule has 2 aromatic rings. The quantitative estimate of drug-likeness (QED) is 0.395. The lowest BCUT2D eigenvalue weighted by Crippen LogP contribution is -2.49. The topological polar surface area (TPSA) is 81.6 Å². The molecule has 0 saturated carbocycles. The number of hydrogen-bond acceptors (Lipinski definition) is 7. The molecule has 0 bridgehead atoms. The number of rotatable bonds is 4. The third-order valence-corrected chi connectivity index (χ3v) is 5.28. The third-order valence-electron chi connectivity index (χ3n) is 4.27. The van der Waals surface area contributed by atoms with Crippen molar-refractivity contribution in [3.63, 3.8) is 0 Å². The van der Waals surface area contributed by atoms with E-state index in [1.165, 1.54) is 12.3 Å². The van der Waals surface area contributed by atoms with Crippen LogP contribution in [0, 0.1) is 0 Å². The highest BCUT2D eigenvalue weighted by Gasteiger charge is 2.48. The maximum Gasteiger partial charge on any atom is 0.523 e. The highest BCUT2D eigenvalue weighted by atomic mass is 32.2. The molecule has 7 nitrogen and oxygen atoms in total. The zero-order valence-corrected chi connectivity index (χ0v) is 16.1. The molecule has 1 fully saturated rings. The van der Waals surface area contributed by atoms with E-state index >= 15 is 0 Å². The zero-order chi connectivity index (χ0) is 22.3. The Morgan fingerprint density at radius 1 is 1.10 bits per heavy atom. The summed E-state index contributed by atoms with van der Waals surface area (Å²) in [5.41, 5.74) is -6.73. The minimum Gasteiger partial charge on any atom is -0.369 e. The van der Waals surface area contributed by atoms with Gasteiger partial charge >= 0.3 is 21.8 Å². The largest absolute Gasteiger partial charge is 0.523 e. The Kier molecular flexibility index (Phi) is 5.86. The number of nitrogens with zero attached hydrogens (tertiary/aromatic N) is 3. The molecule has 0 amide bonds. The molecule has 1 saturated heterocycles. The van der Waals surface area contributed by atoms with E-state index in [4.69, 9.17) is 4.74 Å². The van der Waals surface area contributed by atoms with Crippen molar-refractivity contribution in [3.8, 4) is 0 Å². The number of hydrogen-bond donors (Lipinski definition) is 0. The summed E-state index contributed by atoms with van der Waals surface area (Å²) in [6.07, 6.45) is -3.99. The zero-order valence-electron chi connectivity index (χ0n) is 15.2. The number of aromatic nitrogens is 2. The van der Waals surface area contributed by atoms with Gasteiger partial charge in [-0.1, -0.05) is 0 Å². The summed E-state index contributed by atoms with van der Waals surface area (Å²) in [7, 11) is -5.80. The van der Waals surface area contributed by atoms with Gasteiger partial charge in [0.1, 0.15) is 17.1 Å². The standard InChI is InChI=1S/C16H15F6N3O4S/c1-9-6-25(7-10(29-9)8-28-30(26,27)16(20,21)22)12-3-2-11(15(17,18)19)13-14(12)24-5-4-23-13/h2-5,9-10H,6-8H2,1H3/t9-,10-/m1/s1. The molecule has 1 aliphatic rings. The van der Waals surface area contributed by atoms with Gasteiger partial charge in [0.2, 0.25) is 0 Å². The van der Waals surface area contributed by atoms with E-state index in [0.29, 0.717) is 0 Å². The molecule has 2 atom stereocenters. The first-order valence-electron chi connectivity index (χ1n) is 8.46. The van der Waals surface area contributed by atoms with Crippen LogP contribution in [0.25, 0.3) is 11.0 Å². The number of morpholine rings is 1. The van der Waals surface area contributed by atoms with Gasteiger partial charge in [-0.2, -0.15) is 34.8 Å². The Labute approximate surface area is 166 Å². The van der Waals surface area contributed by atoms with E-state index in [-0.39, 0.29) is 29.8 Å². The minimum absolute atomic E-state index is 0.0518. The number of halogens is 6. The number of anilines is 1. The fourth-order valence-electron chi connectivity index (χ4n) is 3.09. The van der Waals surface area contributed by atoms with E-state index in [1.807, 2.05) is 0 Å². The van der Waals surface area contributed by atoms with Crippen molar-refractivity contribution in [2.24, 2.45) is 0 Å². The maximum atomic E-state index is 13.3. The second-order valence-corrected chi connectivity index (χ2v) is 8.15. The average molecular weight is 459 g/mol. The molecule has 1 aliphatic heterocycles. The van der Waals surface area contributed by atoms with Crippen molar-refractivity contribution in [1.82, 2.24) is 9.97 Å². The first-order valence-corrected chi connectivity index (χ1v) is 9.87. The van der Waals surface area contributed by atoms with Gasteiger partial charge in [-0.05, 0) is 19.1 Å². The van der Waals surface area contributed by atoms with Gasteiger partial charge in [0, 0.05) is 25.5 Å². The second kappa shape index (κ2) is 7.81. The average Bonchev–Trinajstić information content (AvgIpc) is 2.63. The van der Waals surface area contributed by atoms with Gasteiger partial charge in [-0.25, -0.2) is 0 Å². The molecular weight excluding hydrogens is 444 g/mol. The molecule has 1 aromatic carbocycles. The molecule has 166 valence electrons. The normalized spacial score (nSPS) is 21.2. The molecule has 0 N–H and O–H groups in total. The number of ether oxygens (including phenoxy) is 1. The molecule has 30 heavy (non-hydrogen) atoms. The first kappa shape index (κ1) is 22.5. The molecule has 3 rings (SSSR count). The highest BCUT2D eigenvalue weighted by molar-refractivity contribution is 7.87. The molecule has 2 heterocycles. The predicted molar refractivity (Wildman–Crippen MR) is 92.0 cm³/mol. The van der Waals surface area contributed by atoms with Crippen LogP contribution >= 0.6 is 0 Å². The number of benzene rings is 1. The Morgan fingerprint density at radius 3 is 2.33 bits per heavy atom. The van der Waals surface area contributed by atoms with Crippen LogP contribution in [0.15, 0.2) is 24.5 Å². The van der Waals surface area contributed by atoms with Crippen LogP contribution in [0.2, 0.25) is 0 Å². The summed E-state index contributed by atoms with van der Waals surface area (Å²) in [5, 5.41) is 0. The summed E-state index contributed by atoms with van der Waals surface area (Å²) in [5.74, 6) is 0. The monoisotopic (exact) mass is 459 g/mol. The molecule has 0 unspecified atom stereocenters. The van der Waals surface area contributed by atoms with Crippen molar-refractivity contribution >= 4 is 26.8 Å². The molecule has 1 aromatic heterocycles. The van der Waals surface area contributed by atoms with Crippen molar-refractivity contribution in [1.29, 1.82) is 0 Å². The van der Waals surface area contributed by atoms with Gasteiger partial charge in [0.25, 0.3) is 0 Å². The summed E-state index contributed by atoms with van der Waals surface area (Å²) in [4.78, 5) is 9.29. The lowest BCUT2D eigenvalue weighted by Gasteiger charge is -2.38. The second-order valence-electron chi connectivity index (χ2n) is 6.54. The van der Waals surface area contributed by atoms with Crippen molar-refractivity contribution in [3.05, 3.63) is 30.1 Å². The molecule has 0 aliphatic carbocycles. The highest BCUT2D eigenvalue weighted by Crippen LogP contribution is 2.37. The van der Waals surface area contributed by atoms with Crippen LogP contribution in [0.5, 0.6) is 0 Å². The van der Waals surface area contributed by atoms with E-state index in [2.05, 4.69) is 14.2 Å². The lowest BCUT2D eigenvalue weighted by molar-refractivity contribution is -0.136. The van der Waals surface area contributed by atoms with Crippen LogP contribution in [0.3, 0.4) is 0 Å². The molecule has 0 radical (unpaired) electrons. The molecule has 0 spiro atoms. The lowest BCUT2D eigenvalue weighted by atomic mass is 10.1. The van der Waals surface area contributed by atoms with Crippen LogP contribution in [0.1, 0.15) is 12.5 Å². The van der Waals surface area contributed by atoms with Gasteiger partial charge in [-0.15, -0.1) is 0 Å². The van der Waals surface area contributed by atoms with E-state index in [9.17, 15) is 34.8 Å². The summed E-state index contributed by atoms with van der Waals surface area (Å²) >= 11 is 0. The Hall–Kier alpha value is -2.19.